The lowest BCUT2D eigenvalue weighted by Crippen LogP contribution is -2.57. The van der Waals surface area contributed by atoms with E-state index in [1.54, 1.807) is 79.3 Å². The Balaban J connectivity index is 0.000000154. The Bertz CT molecular complexity index is 4980. The number of piperazine rings is 3. The Kier molecular flexibility index (Phi) is 26.4. The Morgan fingerprint density at radius 1 is 0.430 bits per heavy atom. The molecular weight excluding hydrogens is 1460 g/mol. The lowest BCUT2D eigenvalue weighted by atomic mass is 10.0. The molecular formula is C88H108F3N13O10. The average molecular weight is 1560 g/mol. The number of halogens is 3. The Morgan fingerprint density at radius 2 is 0.798 bits per heavy atom. The summed E-state index contributed by atoms with van der Waals surface area (Å²) in [5.74, 6) is 4.28. The maximum atomic E-state index is 14.0. The number of aromatic nitrogens is 3. The molecule has 114 heavy (non-hydrogen) atoms. The van der Waals surface area contributed by atoms with Crippen LogP contribution in [0.4, 0.5) is 13.2 Å². The van der Waals surface area contributed by atoms with Crippen LogP contribution in [0.15, 0.2) is 115 Å². The minimum absolute atomic E-state index is 0.00612. The number of nitrogen functional groups attached to an aromatic ring is 1. The Labute approximate surface area is 664 Å². The van der Waals surface area contributed by atoms with Gasteiger partial charge in [0.15, 0.2) is 0 Å². The van der Waals surface area contributed by atoms with Crippen molar-refractivity contribution in [2.75, 3.05) is 106 Å². The van der Waals surface area contributed by atoms with E-state index in [0.717, 1.165) is 72.1 Å². The summed E-state index contributed by atoms with van der Waals surface area (Å²) in [4.78, 5) is 116. The highest BCUT2D eigenvalue weighted by Crippen LogP contribution is 2.37. The number of fused-ring (bicyclic) bond motifs is 3. The molecule has 15 rings (SSSR count). The number of ketones is 2. The molecule has 0 saturated carbocycles. The first-order valence-corrected chi connectivity index (χ1v) is 39.8. The summed E-state index contributed by atoms with van der Waals surface area (Å²) in [5.41, 5.74) is 9.10. The van der Waals surface area contributed by atoms with Crippen molar-refractivity contribution >= 4 is 73.8 Å². The Morgan fingerprint density at radius 3 is 1.18 bits per heavy atom. The lowest BCUT2D eigenvalue weighted by molar-refractivity contribution is -0.126. The van der Waals surface area contributed by atoms with Gasteiger partial charge in [0, 0.05) is 178 Å². The van der Waals surface area contributed by atoms with Crippen molar-refractivity contribution < 1.29 is 60.9 Å². The third kappa shape index (κ3) is 18.3. The first-order valence-electron chi connectivity index (χ1n) is 39.8. The van der Waals surface area contributed by atoms with Gasteiger partial charge in [-0.2, -0.15) is 0 Å². The van der Waals surface area contributed by atoms with E-state index in [1.807, 2.05) is 65.8 Å². The molecule has 0 radical (unpaired) electrons. The number of Topliss-reactive ketones (excluding diaryl/α,β-unsaturated/α-hetero) is 2. The van der Waals surface area contributed by atoms with Crippen LogP contribution in [0, 0.1) is 38.2 Å². The van der Waals surface area contributed by atoms with Crippen molar-refractivity contribution in [1.82, 2.24) is 59.2 Å². The second-order valence-electron chi connectivity index (χ2n) is 31.5. The molecule has 0 bridgehead atoms. The van der Waals surface area contributed by atoms with Gasteiger partial charge in [-0.3, -0.25) is 52.9 Å². The van der Waals surface area contributed by atoms with Crippen LogP contribution in [0.3, 0.4) is 0 Å². The molecule has 5 amide bonds. The van der Waals surface area contributed by atoms with Crippen LogP contribution >= 0.6 is 0 Å². The number of hydrogen-bond acceptors (Lipinski definition) is 15. The van der Waals surface area contributed by atoms with Crippen molar-refractivity contribution in [3.05, 3.63) is 194 Å². The molecule has 0 unspecified atom stereocenters. The van der Waals surface area contributed by atoms with Gasteiger partial charge in [-0.25, -0.2) is 13.2 Å². The van der Waals surface area contributed by atoms with E-state index in [1.165, 1.54) is 81.2 Å². The molecule has 6 aromatic carbocycles. The number of benzene rings is 6. The molecule has 9 aromatic rings. The van der Waals surface area contributed by atoms with Gasteiger partial charge in [0.2, 0.25) is 0 Å². The number of likely N-dealkylation sites (tertiary alicyclic amines) is 2. The van der Waals surface area contributed by atoms with Gasteiger partial charge in [-0.05, 0) is 191 Å². The number of aryl methyl sites for hydroxylation is 2. The fraction of sp³-hybridized carbons (Fsp3) is 0.443. The first kappa shape index (κ1) is 82.9. The standard InChI is InChI=1S/C30H36FN5O4.C30H35FN4O4.C24H28FN3O2.C4H9N/c1-18-16-35(19(2)15-34(18)17-21-7-9-22(31)10-8-21)29(38)24-13-23-25(14-26(24)40-4)36(32)20(3)27(23)28(37)30(39)33-11-5-6-12-33;1-18-16-35(19(2)15-34(18)17-21-7-9-22(31)10-8-21)29(37)24-13-23-25(14-26(24)39-4)32-20(3)27(23)28(36)30(38)33-11-5-6-12-33;1-15-9-19-10-21(23(30-4)11-22(19)26-15)24(29)28-13-16(2)27(12-17(28)3)14-18-5-7-20(25)8-6-18;1-2-4-5-3-1/h7-10,13-14,18-19H,5-6,11-12,15-17,32H2,1-4H3;7-10,13-14,18-19,32H,5-6,11-12,15-17H2,1-4H3;5-11,16-17,26H,12-14H2,1-4H3;5H,1-4H2/t2*18-,19+;16-,17+;/m000./s1. The van der Waals surface area contributed by atoms with Gasteiger partial charge in [-0.15, -0.1) is 0 Å². The SMILES string of the molecule is C1CCNC1.COc1cc2[nH]c(C)c(C(=O)C(=O)N3CCCC3)c2cc1C(=O)N1C[C@H](C)N(Cc2ccc(F)cc2)C[C@H]1C.COc1cc2[nH]c(C)cc2cc1C(=O)N1C[C@H](C)N(Cc2ccc(F)cc2)C[C@H]1C.COc1cc2c(cc1C(=O)N1C[C@H](C)N(Cc3ccc(F)cc3)C[C@H]1C)c(C(=O)C(=O)N1CCCC1)c(C)n2N. The zero-order chi connectivity index (χ0) is 81.5. The summed E-state index contributed by atoms with van der Waals surface area (Å²) in [7, 11) is 4.61. The van der Waals surface area contributed by atoms with Crippen LogP contribution in [0.2, 0.25) is 0 Å². The van der Waals surface area contributed by atoms with Crippen LogP contribution in [0.25, 0.3) is 32.7 Å². The predicted octanol–water partition coefficient (Wildman–Crippen LogP) is 12.2. The van der Waals surface area contributed by atoms with E-state index < -0.39 is 23.4 Å². The van der Waals surface area contributed by atoms with E-state index >= 15 is 0 Å². The van der Waals surface area contributed by atoms with Gasteiger partial charge in [-0.1, -0.05) is 36.4 Å². The van der Waals surface area contributed by atoms with Gasteiger partial charge >= 0.3 is 0 Å². The van der Waals surface area contributed by atoms with Crippen molar-refractivity contribution in [3.8, 4) is 17.2 Å². The summed E-state index contributed by atoms with van der Waals surface area (Å²) in [5, 5.41) is 5.23. The van der Waals surface area contributed by atoms with Crippen LogP contribution in [-0.2, 0) is 29.2 Å². The molecule has 6 aliphatic rings. The largest absolute Gasteiger partial charge is 0.496 e. The maximum absolute atomic E-state index is 14.0. The molecule has 0 aliphatic carbocycles. The molecule has 0 spiro atoms. The summed E-state index contributed by atoms with van der Waals surface area (Å²) in [6, 6.07) is 32.4. The van der Waals surface area contributed by atoms with Crippen LogP contribution in [0.1, 0.15) is 166 Å². The smallest absolute Gasteiger partial charge is 0.295 e. The highest BCUT2D eigenvalue weighted by atomic mass is 19.1. The molecule has 606 valence electrons. The van der Waals surface area contributed by atoms with Crippen LogP contribution < -0.4 is 25.4 Å². The number of amides is 5. The molecule has 26 heteroatoms. The van der Waals surface area contributed by atoms with Crippen LogP contribution in [-0.4, -0.2) is 231 Å². The molecule has 23 nitrogen and oxygen atoms in total. The molecule has 9 heterocycles. The molecule has 6 fully saturated rings. The fourth-order valence-corrected chi connectivity index (χ4v) is 16.7. The zero-order valence-electron chi connectivity index (χ0n) is 67.6. The van der Waals surface area contributed by atoms with Crippen molar-refractivity contribution in [2.45, 2.75) is 157 Å². The number of rotatable bonds is 16. The molecule has 3 aromatic heterocycles. The fourth-order valence-electron chi connectivity index (χ4n) is 16.7. The Hall–Kier alpha value is -10.5. The summed E-state index contributed by atoms with van der Waals surface area (Å²) >= 11 is 0. The number of carbonyl (C=O) groups excluding carboxylic acids is 7. The number of nitrogens with one attached hydrogen (secondary N) is 3. The topological polar surface area (TPSA) is 248 Å². The average Bonchev–Trinajstić information content (AvgIpc) is 1.58. The lowest BCUT2D eigenvalue weighted by Gasteiger charge is -2.44. The van der Waals surface area contributed by atoms with E-state index in [4.69, 9.17) is 20.1 Å². The van der Waals surface area contributed by atoms with Crippen molar-refractivity contribution in [1.29, 1.82) is 0 Å². The highest BCUT2D eigenvalue weighted by Gasteiger charge is 2.40. The molecule has 6 saturated heterocycles. The van der Waals surface area contributed by atoms with Gasteiger partial charge < -0.3 is 59.8 Å². The number of hydrogen-bond donors (Lipinski definition) is 4. The number of ether oxygens (including phenoxy) is 3. The number of aromatic amines is 2. The van der Waals surface area contributed by atoms with Gasteiger partial charge in [0.05, 0.1) is 60.2 Å². The van der Waals surface area contributed by atoms with Crippen LogP contribution in [0.5, 0.6) is 17.2 Å². The minimum atomic E-state index is -0.617. The summed E-state index contributed by atoms with van der Waals surface area (Å²) in [6.07, 6.45) is 6.32. The van der Waals surface area contributed by atoms with Gasteiger partial charge in [0.25, 0.3) is 41.1 Å². The first-order chi connectivity index (χ1) is 54.6. The van der Waals surface area contributed by atoms with Crippen molar-refractivity contribution in [3.63, 3.8) is 0 Å². The molecule has 5 N–H and O–H groups in total. The quantitative estimate of drug-likeness (QED) is 0.0399. The minimum Gasteiger partial charge on any atom is -0.496 e. The summed E-state index contributed by atoms with van der Waals surface area (Å²) in [6.45, 7) is 28.4. The second-order valence-corrected chi connectivity index (χ2v) is 31.5. The highest BCUT2D eigenvalue weighted by molar-refractivity contribution is 6.46. The zero-order valence-corrected chi connectivity index (χ0v) is 67.6. The number of methoxy groups -OCH3 is 3. The van der Waals surface area contributed by atoms with E-state index in [2.05, 4.69) is 57.7 Å². The maximum Gasteiger partial charge on any atom is 0.295 e. The number of nitrogens with two attached hydrogens (primary N) is 1. The van der Waals surface area contributed by atoms with E-state index in [-0.39, 0.29) is 77.0 Å². The monoisotopic (exact) mass is 1560 g/mol. The number of nitrogens with zero attached hydrogens (tertiary/aromatic N) is 9. The third-order valence-electron chi connectivity index (χ3n) is 23.3. The van der Waals surface area contributed by atoms with E-state index in [0.29, 0.717) is 145 Å². The number of carbonyl (C=O) groups is 7. The molecule has 6 aliphatic heterocycles. The van der Waals surface area contributed by atoms with Gasteiger partial charge in [0.1, 0.15) is 34.7 Å². The third-order valence-corrected chi connectivity index (χ3v) is 23.3. The summed E-state index contributed by atoms with van der Waals surface area (Å²) < 4.78 is 58.0. The second kappa shape index (κ2) is 36.3. The van der Waals surface area contributed by atoms with E-state index in [9.17, 15) is 46.7 Å². The molecule has 6 atom stereocenters. The normalized spacial score (nSPS) is 20.1. The van der Waals surface area contributed by atoms with Crippen molar-refractivity contribution in [2.24, 2.45) is 0 Å². The number of H-pyrrole nitrogens is 2. The predicted molar refractivity (Wildman–Crippen MR) is 435 cm³/mol.